The Morgan fingerprint density at radius 2 is 2.35 bits per heavy atom. The minimum atomic E-state index is -0.822. The Morgan fingerprint density at radius 1 is 1.59 bits per heavy atom. The number of aryl methyl sites for hydroxylation is 1. The molecule has 1 aliphatic rings. The van der Waals surface area contributed by atoms with Crippen LogP contribution in [0.5, 0.6) is 0 Å². The lowest BCUT2D eigenvalue weighted by Crippen LogP contribution is -2.16. The van der Waals surface area contributed by atoms with Crippen LogP contribution >= 0.6 is 11.3 Å². The normalized spacial score (nSPS) is 17.8. The van der Waals surface area contributed by atoms with Crippen molar-refractivity contribution in [3.8, 4) is 0 Å². The first-order valence-electron chi connectivity index (χ1n) is 5.32. The summed E-state index contributed by atoms with van der Waals surface area (Å²) in [5, 5.41) is 12.6. The van der Waals surface area contributed by atoms with Gasteiger partial charge in [0.1, 0.15) is 5.92 Å². The van der Waals surface area contributed by atoms with Gasteiger partial charge in [-0.15, -0.1) is 11.3 Å². The number of fused-ring (bicyclic) bond motifs is 1. The smallest absolute Gasteiger partial charge is 0.312 e. The van der Waals surface area contributed by atoms with E-state index in [9.17, 15) is 9.59 Å². The molecule has 0 radical (unpaired) electrons. The standard InChI is InChI=1S/C10H13N3O3S/c11-7(14)3-4-12-10-13-8-5(9(15)16)1-2-6(8)17-10/h5H,1-4H2,(H2,11,14)(H,12,13)(H,15,16). The molecule has 1 amide bonds. The highest BCUT2D eigenvalue weighted by Gasteiger charge is 2.32. The molecule has 0 spiro atoms. The number of carboxylic acids is 1. The van der Waals surface area contributed by atoms with Gasteiger partial charge in [-0.2, -0.15) is 0 Å². The first-order chi connectivity index (χ1) is 8.08. The lowest BCUT2D eigenvalue weighted by molar-refractivity contribution is -0.138. The minimum absolute atomic E-state index is 0.243. The average Bonchev–Trinajstić information content (AvgIpc) is 2.75. The van der Waals surface area contributed by atoms with Crippen LogP contribution in [0.1, 0.15) is 29.3 Å². The summed E-state index contributed by atoms with van der Waals surface area (Å²) in [5.74, 6) is -1.67. The van der Waals surface area contributed by atoms with Gasteiger partial charge in [-0.3, -0.25) is 9.59 Å². The Kier molecular flexibility index (Phi) is 3.28. The molecule has 0 saturated heterocycles. The van der Waals surface area contributed by atoms with Gasteiger partial charge in [0.25, 0.3) is 0 Å². The number of carbonyl (C=O) groups is 2. The second-order valence-electron chi connectivity index (χ2n) is 3.90. The van der Waals surface area contributed by atoms with Crippen LogP contribution < -0.4 is 11.1 Å². The Balaban J connectivity index is 2.01. The molecule has 2 rings (SSSR count). The van der Waals surface area contributed by atoms with E-state index in [1.165, 1.54) is 11.3 Å². The van der Waals surface area contributed by atoms with Gasteiger partial charge in [-0.25, -0.2) is 4.98 Å². The molecule has 1 unspecified atom stereocenters. The van der Waals surface area contributed by atoms with Gasteiger partial charge in [0.05, 0.1) is 5.69 Å². The number of primary amides is 1. The molecule has 92 valence electrons. The average molecular weight is 255 g/mol. The van der Waals surface area contributed by atoms with E-state index in [1.807, 2.05) is 0 Å². The molecule has 0 bridgehead atoms. The Labute approximate surface area is 102 Å². The van der Waals surface area contributed by atoms with Crippen LogP contribution in [0.2, 0.25) is 0 Å². The summed E-state index contributed by atoms with van der Waals surface area (Å²) < 4.78 is 0. The van der Waals surface area contributed by atoms with Crippen molar-refractivity contribution in [1.29, 1.82) is 0 Å². The number of aliphatic carboxylic acids is 1. The molecule has 6 nitrogen and oxygen atoms in total. The zero-order chi connectivity index (χ0) is 12.4. The van der Waals surface area contributed by atoms with Crippen molar-refractivity contribution in [2.75, 3.05) is 11.9 Å². The number of nitrogens with zero attached hydrogens (tertiary/aromatic N) is 1. The van der Waals surface area contributed by atoms with Crippen molar-refractivity contribution in [1.82, 2.24) is 4.98 Å². The number of amides is 1. The Bertz CT molecular complexity index is 458. The molecule has 17 heavy (non-hydrogen) atoms. The Hall–Kier alpha value is -1.63. The van der Waals surface area contributed by atoms with Crippen LogP contribution in [0.15, 0.2) is 0 Å². The fraction of sp³-hybridized carbons (Fsp3) is 0.500. The summed E-state index contributed by atoms with van der Waals surface area (Å²) >= 11 is 1.46. The monoisotopic (exact) mass is 255 g/mol. The first-order valence-corrected chi connectivity index (χ1v) is 6.14. The molecular formula is C10H13N3O3S. The summed E-state index contributed by atoms with van der Waals surface area (Å²) in [4.78, 5) is 26.8. The number of rotatable bonds is 5. The van der Waals surface area contributed by atoms with Crippen molar-refractivity contribution < 1.29 is 14.7 Å². The third-order valence-corrected chi connectivity index (χ3v) is 3.75. The van der Waals surface area contributed by atoms with Crippen molar-refractivity contribution in [2.45, 2.75) is 25.2 Å². The van der Waals surface area contributed by atoms with Crippen LogP contribution in [-0.4, -0.2) is 28.5 Å². The second kappa shape index (κ2) is 4.70. The van der Waals surface area contributed by atoms with Gasteiger partial charge in [0.2, 0.25) is 5.91 Å². The zero-order valence-electron chi connectivity index (χ0n) is 9.10. The number of thiazole rings is 1. The van der Waals surface area contributed by atoms with Gasteiger partial charge in [-0.1, -0.05) is 0 Å². The maximum Gasteiger partial charge on any atom is 0.312 e. The van der Waals surface area contributed by atoms with E-state index in [2.05, 4.69) is 10.3 Å². The molecule has 0 aromatic carbocycles. The van der Waals surface area contributed by atoms with E-state index in [1.54, 1.807) is 0 Å². The molecule has 1 aromatic heterocycles. The van der Waals surface area contributed by atoms with Crippen LogP contribution in [0.3, 0.4) is 0 Å². The summed E-state index contributed by atoms with van der Waals surface area (Å²) in [6, 6.07) is 0. The number of aromatic nitrogens is 1. The van der Waals surface area contributed by atoms with E-state index >= 15 is 0 Å². The molecule has 1 aromatic rings. The third kappa shape index (κ3) is 2.55. The van der Waals surface area contributed by atoms with Crippen molar-refractivity contribution in [2.24, 2.45) is 5.73 Å². The molecule has 0 aliphatic heterocycles. The maximum absolute atomic E-state index is 11.0. The van der Waals surface area contributed by atoms with Crippen molar-refractivity contribution in [3.05, 3.63) is 10.6 Å². The summed E-state index contributed by atoms with van der Waals surface area (Å²) in [7, 11) is 0. The summed E-state index contributed by atoms with van der Waals surface area (Å²) in [5.41, 5.74) is 5.69. The highest BCUT2D eigenvalue weighted by atomic mass is 32.1. The number of nitrogens with one attached hydrogen (secondary N) is 1. The maximum atomic E-state index is 11.0. The fourth-order valence-electron chi connectivity index (χ4n) is 1.84. The van der Waals surface area contributed by atoms with Crippen LogP contribution in [0.4, 0.5) is 5.13 Å². The zero-order valence-corrected chi connectivity index (χ0v) is 9.92. The number of carboxylic acid groups (broad SMARTS) is 1. The van der Waals surface area contributed by atoms with Gasteiger partial charge in [0, 0.05) is 17.8 Å². The molecular weight excluding hydrogens is 242 g/mol. The lowest BCUT2D eigenvalue weighted by atomic mass is 10.1. The molecule has 1 atom stereocenters. The highest BCUT2D eigenvalue weighted by Crippen LogP contribution is 2.38. The van der Waals surface area contributed by atoms with E-state index in [0.29, 0.717) is 23.8 Å². The second-order valence-corrected chi connectivity index (χ2v) is 4.98. The fourth-order valence-corrected chi connectivity index (χ4v) is 2.90. The predicted octanol–water partition coefficient (Wildman–Crippen LogP) is 0.545. The number of nitrogens with two attached hydrogens (primary N) is 1. The van der Waals surface area contributed by atoms with E-state index in [-0.39, 0.29) is 12.3 Å². The van der Waals surface area contributed by atoms with E-state index < -0.39 is 11.9 Å². The van der Waals surface area contributed by atoms with Crippen molar-refractivity contribution in [3.63, 3.8) is 0 Å². The van der Waals surface area contributed by atoms with Gasteiger partial charge >= 0.3 is 5.97 Å². The molecule has 0 saturated carbocycles. The highest BCUT2D eigenvalue weighted by molar-refractivity contribution is 7.15. The summed E-state index contributed by atoms with van der Waals surface area (Å²) in [6.45, 7) is 0.430. The predicted molar refractivity (Wildman–Crippen MR) is 63.1 cm³/mol. The molecule has 1 heterocycles. The van der Waals surface area contributed by atoms with Gasteiger partial charge in [0.15, 0.2) is 5.13 Å². The molecule has 4 N–H and O–H groups in total. The number of hydrogen-bond donors (Lipinski definition) is 3. The van der Waals surface area contributed by atoms with E-state index in [0.717, 1.165) is 11.3 Å². The van der Waals surface area contributed by atoms with E-state index in [4.69, 9.17) is 10.8 Å². The number of anilines is 1. The molecule has 7 heteroatoms. The summed E-state index contributed by atoms with van der Waals surface area (Å²) in [6.07, 6.45) is 1.64. The minimum Gasteiger partial charge on any atom is -0.481 e. The number of hydrogen-bond acceptors (Lipinski definition) is 5. The van der Waals surface area contributed by atoms with Crippen LogP contribution in [0, 0.1) is 0 Å². The topological polar surface area (TPSA) is 105 Å². The quantitative estimate of drug-likeness (QED) is 0.712. The van der Waals surface area contributed by atoms with Crippen LogP contribution in [-0.2, 0) is 16.0 Å². The molecule has 0 fully saturated rings. The van der Waals surface area contributed by atoms with Gasteiger partial charge in [-0.05, 0) is 12.8 Å². The van der Waals surface area contributed by atoms with Gasteiger partial charge < -0.3 is 16.2 Å². The first kappa shape index (κ1) is 11.8. The molecule has 1 aliphatic carbocycles. The SMILES string of the molecule is NC(=O)CCNc1nc2c(s1)CCC2C(=O)O. The van der Waals surface area contributed by atoms with Crippen LogP contribution in [0.25, 0.3) is 0 Å². The largest absolute Gasteiger partial charge is 0.481 e. The lowest BCUT2D eigenvalue weighted by Gasteiger charge is -2.02. The Morgan fingerprint density at radius 3 is 3.00 bits per heavy atom. The van der Waals surface area contributed by atoms with Crippen molar-refractivity contribution >= 4 is 28.3 Å². The number of carbonyl (C=O) groups excluding carboxylic acids is 1. The third-order valence-electron chi connectivity index (χ3n) is 2.66.